The molecule has 0 amide bonds. The molecular formula is C24H27FN4O3. The highest BCUT2D eigenvalue weighted by Gasteiger charge is 2.49. The number of hydrogen-bond donors (Lipinski definition) is 2. The summed E-state index contributed by atoms with van der Waals surface area (Å²) in [5, 5.41) is 22.1. The molecule has 3 aliphatic rings. The fourth-order valence-corrected chi connectivity index (χ4v) is 5.97. The third kappa shape index (κ3) is 3.18. The fraction of sp³-hybridized carbons (Fsp3) is 0.542. The van der Waals surface area contributed by atoms with E-state index < -0.39 is 17.2 Å². The van der Waals surface area contributed by atoms with E-state index in [-0.39, 0.29) is 22.5 Å². The largest absolute Gasteiger partial charge is 0.477 e. The fourth-order valence-electron chi connectivity index (χ4n) is 5.97. The highest BCUT2D eigenvalue weighted by atomic mass is 19.1. The van der Waals surface area contributed by atoms with Gasteiger partial charge in [-0.3, -0.25) is 4.79 Å². The summed E-state index contributed by atoms with van der Waals surface area (Å²) in [6, 6.07) is 3.55. The number of carboxylic acid groups (broad SMARTS) is 1. The second-order valence-electron chi connectivity index (χ2n) is 9.50. The first-order valence-electron chi connectivity index (χ1n) is 11.3. The van der Waals surface area contributed by atoms with Gasteiger partial charge in [-0.1, -0.05) is 6.42 Å². The van der Waals surface area contributed by atoms with Crippen molar-refractivity contribution in [2.24, 2.45) is 5.92 Å². The molecule has 0 bridgehead atoms. The van der Waals surface area contributed by atoms with Gasteiger partial charge >= 0.3 is 5.97 Å². The quantitative estimate of drug-likeness (QED) is 0.672. The molecule has 2 atom stereocenters. The zero-order chi connectivity index (χ0) is 22.6. The number of halogens is 1. The van der Waals surface area contributed by atoms with Crippen molar-refractivity contribution in [2.45, 2.75) is 57.0 Å². The van der Waals surface area contributed by atoms with Crippen molar-refractivity contribution in [1.29, 1.82) is 5.26 Å². The molecule has 0 radical (unpaired) electrons. The Morgan fingerprint density at radius 3 is 2.88 bits per heavy atom. The molecule has 7 nitrogen and oxygen atoms in total. The molecule has 2 aliphatic carbocycles. The standard InChI is InChI=1S/C24H27FN4O3/c1-14-20-17(22(30)18(23(31)32)12-29(20)16-5-6-16)10-19(25)21(14)28-11-15-4-2-7-24(15,13-28)27-9-3-8-26/h10,12,15-16,27H,2-7,9,11,13H2,1H3,(H,31,32). The number of carbonyl (C=O) groups is 1. The third-order valence-electron chi connectivity index (χ3n) is 7.55. The number of nitriles is 1. The summed E-state index contributed by atoms with van der Waals surface area (Å²) in [7, 11) is 0. The van der Waals surface area contributed by atoms with E-state index in [4.69, 9.17) is 5.26 Å². The number of pyridine rings is 1. The van der Waals surface area contributed by atoms with Gasteiger partial charge in [0.15, 0.2) is 0 Å². The monoisotopic (exact) mass is 438 g/mol. The first-order chi connectivity index (χ1) is 15.4. The number of aryl methyl sites for hydroxylation is 1. The SMILES string of the molecule is Cc1c(N2CC3CCCC3(NCCC#N)C2)c(F)cc2c(=O)c(C(=O)O)cn(C3CC3)c12. The number of aromatic carboxylic acids is 1. The molecule has 2 saturated carbocycles. The van der Waals surface area contributed by atoms with Gasteiger partial charge in [0.25, 0.3) is 0 Å². The molecule has 2 unspecified atom stereocenters. The van der Waals surface area contributed by atoms with Crippen LogP contribution in [-0.4, -0.2) is 40.8 Å². The smallest absolute Gasteiger partial charge is 0.341 e. The molecule has 1 aromatic carbocycles. The lowest BCUT2D eigenvalue weighted by molar-refractivity contribution is 0.0695. The minimum absolute atomic E-state index is 0.117. The van der Waals surface area contributed by atoms with E-state index in [1.54, 1.807) is 0 Å². The van der Waals surface area contributed by atoms with Crippen LogP contribution in [0.25, 0.3) is 10.9 Å². The van der Waals surface area contributed by atoms with Crippen molar-refractivity contribution in [1.82, 2.24) is 9.88 Å². The molecule has 8 heteroatoms. The molecule has 0 spiro atoms. The van der Waals surface area contributed by atoms with Gasteiger partial charge < -0.3 is 19.9 Å². The molecule has 2 heterocycles. The molecule has 168 valence electrons. The first kappa shape index (κ1) is 21.0. The van der Waals surface area contributed by atoms with Crippen LogP contribution in [-0.2, 0) is 0 Å². The Balaban J connectivity index is 1.61. The van der Waals surface area contributed by atoms with Gasteiger partial charge in [0.05, 0.1) is 17.3 Å². The second-order valence-corrected chi connectivity index (χ2v) is 9.50. The van der Waals surface area contributed by atoms with Crippen molar-refractivity contribution in [3.8, 4) is 6.07 Å². The van der Waals surface area contributed by atoms with Gasteiger partial charge in [-0.05, 0) is 50.2 Å². The number of carboxylic acids is 1. The molecule has 1 aliphatic heterocycles. The molecule has 2 aromatic rings. The average molecular weight is 439 g/mol. The summed E-state index contributed by atoms with van der Waals surface area (Å²) < 4.78 is 17.4. The summed E-state index contributed by atoms with van der Waals surface area (Å²) in [6.45, 7) is 3.85. The molecular weight excluding hydrogens is 411 g/mol. The van der Waals surface area contributed by atoms with Crippen LogP contribution < -0.4 is 15.6 Å². The van der Waals surface area contributed by atoms with Crippen molar-refractivity contribution in [2.75, 3.05) is 24.5 Å². The summed E-state index contributed by atoms with van der Waals surface area (Å²) >= 11 is 0. The molecule has 32 heavy (non-hydrogen) atoms. The number of aromatic nitrogens is 1. The Hall–Kier alpha value is -2.92. The summed E-state index contributed by atoms with van der Waals surface area (Å²) in [5.74, 6) is -1.38. The van der Waals surface area contributed by atoms with E-state index in [1.807, 2.05) is 11.5 Å². The zero-order valence-electron chi connectivity index (χ0n) is 18.2. The van der Waals surface area contributed by atoms with Gasteiger partial charge in [0, 0.05) is 49.2 Å². The van der Waals surface area contributed by atoms with Crippen LogP contribution in [0.1, 0.15) is 60.5 Å². The molecule has 5 rings (SSSR count). The van der Waals surface area contributed by atoms with E-state index in [2.05, 4.69) is 16.3 Å². The van der Waals surface area contributed by atoms with Crippen LogP contribution in [0, 0.1) is 30.0 Å². The van der Waals surface area contributed by atoms with E-state index in [1.165, 1.54) is 12.3 Å². The Morgan fingerprint density at radius 1 is 1.41 bits per heavy atom. The van der Waals surface area contributed by atoms with Crippen LogP contribution in [0.3, 0.4) is 0 Å². The first-order valence-corrected chi connectivity index (χ1v) is 11.3. The predicted octanol–water partition coefficient (Wildman–Crippen LogP) is 3.34. The van der Waals surface area contributed by atoms with Crippen molar-refractivity contribution in [3.05, 3.63) is 39.4 Å². The highest BCUT2D eigenvalue weighted by molar-refractivity contribution is 5.95. The summed E-state index contributed by atoms with van der Waals surface area (Å²) in [4.78, 5) is 26.6. The Kier molecular flexibility index (Phi) is 4.97. The van der Waals surface area contributed by atoms with Crippen LogP contribution in [0.4, 0.5) is 10.1 Å². The van der Waals surface area contributed by atoms with E-state index >= 15 is 4.39 Å². The van der Waals surface area contributed by atoms with Crippen LogP contribution >= 0.6 is 0 Å². The van der Waals surface area contributed by atoms with Crippen molar-refractivity contribution < 1.29 is 14.3 Å². The minimum atomic E-state index is -1.29. The van der Waals surface area contributed by atoms with E-state index in [0.717, 1.165) is 38.6 Å². The topological polar surface area (TPSA) is 98.4 Å². The lowest BCUT2D eigenvalue weighted by atomic mass is 9.90. The Morgan fingerprint density at radius 2 is 2.19 bits per heavy atom. The van der Waals surface area contributed by atoms with Gasteiger partial charge in [-0.15, -0.1) is 0 Å². The third-order valence-corrected chi connectivity index (χ3v) is 7.55. The summed E-state index contributed by atoms with van der Waals surface area (Å²) in [6.07, 6.45) is 6.90. The number of anilines is 1. The predicted molar refractivity (Wildman–Crippen MR) is 119 cm³/mol. The van der Waals surface area contributed by atoms with E-state index in [9.17, 15) is 14.7 Å². The molecule has 1 aromatic heterocycles. The normalized spacial score (nSPS) is 24.7. The van der Waals surface area contributed by atoms with Crippen LogP contribution in [0.15, 0.2) is 17.1 Å². The lowest BCUT2D eigenvalue weighted by Crippen LogP contribution is -2.49. The number of rotatable bonds is 6. The van der Waals surface area contributed by atoms with Gasteiger partial charge in [0.2, 0.25) is 5.43 Å². The van der Waals surface area contributed by atoms with Crippen LogP contribution in [0.5, 0.6) is 0 Å². The number of nitrogens with one attached hydrogen (secondary N) is 1. The second kappa shape index (κ2) is 7.59. The number of fused-ring (bicyclic) bond motifs is 2. The van der Waals surface area contributed by atoms with Crippen molar-refractivity contribution in [3.63, 3.8) is 0 Å². The van der Waals surface area contributed by atoms with Gasteiger partial charge in [-0.2, -0.15) is 5.26 Å². The maximum atomic E-state index is 15.5. The van der Waals surface area contributed by atoms with E-state index in [0.29, 0.717) is 42.2 Å². The molecule has 1 saturated heterocycles. The number of nitrogens with zero attached hydrogens (tertiary/aromatic N) is 3. The number of hydrogen-bond acceptors (Lipinski definition) is 5. The van der Waals surface area contributed by atoms with Crippen molar-refractivity contribution >= 4 is 22.6 Å². The maximum Gasteiger partial charge on any atom is 0.341 e. The highest BCUT2D eigenvalue weighted by Crippen LogP contribution is 2.46. The Bertz CT molecular complexity index is 1210. The van der Waals surface area contributed by atoms with Gasteiger partial charge in [0.1, 0.15) is 11.4 Å². The van der Waals surface area contributed by atoms with Gasteiger partial charge in [-0.25, -0.2) is 9.18 Å². The lowest BCUT2D eigenvalue weighted by Gasteiger charge is -2.31. The maximum absolute atomic E-state index is 15.5. The average Bonchev–Trinajstić information content (AvgIpc) is 3.42. The molecule has 3 fully saturated rings. The minimum Gasteiger partial charge on any atom is -0.477 e. The number of benzene rings is 1. The zero-order valence-corrected chi connectivity index (χ0v) is 18.2. The molecule has 2 N–H and O–H groups in total. The van der Waals surface area contributed by atoms with Crippen LogP contribution in [0.2, 0.25) is 0 Å². The summed E-state index contributed by atoms with van der Waals surface area (Å²) in [5.41, 5.74) is 0.771. The Labute approximate surface area is 185 Å².